The molecule has 2 N–H and O–H groups in total. The first-order valence-electron chi connectivity index (χ1n) is 5.08. The number of benzene rings is 1. The summed E-state index contributed by atoms with van der Waals surface area (Å²) in [4.78, 5) is -0.214. The molecule has 1 aliphatic rings. The van der Waals surface area contributed by atoms with Crippen LogP contribution in [0.25, 0.3) is 0 Å². The summed E-state index contributed by atoms with van der Waals surface area (Å²) in [6, 6.07) is 2.53. The van der Waals surface area contributed by atoms with E-state index >= 15 is 0 Å². The van der Waals surface area contributed by atoms with E-state index in [-0.39, 0.29) is 14.9 Å². The third kappa shape index (κ3) is 2.38. The standard InChI is InChI=1S/C10H11Cl2NO3S/c11-6-4-7(12)10(14)8(5-6)17(15,16)9-2-1-3-13-9/h4-5,9,13-14H,1-3H2. The van der Waals surface area contributed by atoms with Crippen LogP contribution in [0.1, 0.15) is 12.8 Å². The van der Waals surface area contributed by atoms with Crippen LogP contribution in [0.5, 0.6) is 5.75 Å². The molecule has 1 unspecified atom stereocenters. The van der Waals surface area contributed by atoms with E-state index in [1.165, 1.54) is 12.1 Å². The Balaban J connectivity index is 2.52. The first kappa shape index (κ1) is 13.0. The summed E-state index contributed by atoms with van der Waals surface area (Å²) in [5.41, 5.74) is 0. The van der Waals surface area contributed by atoms with Crippen molar-refractivity contribution in [3.05, 3.63) is 22.2 Å². The molecular formula is C10H11Cl2NO3S. The SMILES string of the molecule is O=S(=O)(c1cc(Cl)cc(Cl)c1O)C1CCCN1. The fourth-order valence-electron chi connectivity index (χ4n) is 1.83. The number of halogens is 2. The Morgan fingerprint density at radius 1 is 1.35 bits per heavy atom. The highest BCUT2D eigenvalue weighted by Crippen LogP contribution is 2.36. The minimum atomic E-state index is -3.64. The lowest BCUT2D eigenvalue weighted by Crippen LogP contribution is -2.30. The van der Waals surface area contributed by atoms with Gasteiger partial charge in [0.05, 0.1) is 5.02 Å². The molecule has 0 bridgehead atoms. The summed E-state index contributed by atoms with van der Waals surface area (Å²) in [5, 5.41) is 12.0. The molecule has 4 nitrogen and oxygen atoms in total. The van der Waals surface area contributed by atoms with Gasteiger partial charge >= 0.3 is 0 Å². The smallest absolute Gasteiger partial charge is 0.197 e. The van der Waals surface area contributed by atoms with Gasteiger partial charge in [0.1, 0.15) is 10.3 Å². The van der Waals surface area contributed by atoms with E-state index in [4.69, 9.17) is 23.2 Å². The van der Waals surface area contributed by atoms with E-state index in [2.05, 4.69) is 5.32 Å². The van der Waals surface area contributed by atoms with Crippen molar-refractivity contribution in [2.24, 2.45) is 0 Å². The summed E-state index contributed by atoms with van der Waals surface area (Å²) >= 11 is 11.5. The molecule has 17 heavy (non-hydrogen) atoms. The first-order chi connectivity index (χ1) is 7.93. The van der Waals surface area contributed by atoms with Crippen molar-refractivity contribution in [1.29, 1.82) is 0 Å². The number of rotatable bonds is 2. The monoisotopic (exact) mass is 295 g/mol. The molecule has 1 atom stereocenters. The maximum atomic E-state index is 12.2. The quantitative estimate of drug-likeness (QED) is 0.878. The number of phenolic OH excluding ortho intramolecular Hbond substituents is 1. The molecule has 1 fully saturated rings. The molecule has 1 aromatic rings. The number of sulfone groups is 1. The van der Waals surface area contributed by atoms with Gasteiger partial charge in [0.15, 0.2) is 15.6 Å². The lowest BCUT2D eigenvalue weighted by molar-refractivity contribution is 0.457. The van der Waals surface area contributed by atoms with E-state index in [9.17, 15) is 13.5 Å². The van der Waals surface area contributed by atoms with E-state index in [0.29, 0.717) is 13.0 Å². The predicted octanol–water partition coefficient (Wildman–Crippen LogP) is 2.18. The van der Waals surface area contributed by atoms with Crippen molar-refractivity contribution in [2.75, 3.05) is 6.54 Å². The van der Waals surface area contributed by atoms with Crippen molar-refractivity contribution < 1.29 is 13.5 Å². The van der Waals surface area contributed by atoms with Crippen LogP contribution in [-0.4, -0.2) is 25.4 Å². The van der Waals surface area contributed by atoms with Crippen LogP contribution in [0.2, 0.25) is 10.0 Å². The average Bonchev–Trinajstić information content (AvgIpc) is 2.76. The van der Waals surface area contributed by atoms with Crippen LogP contribution in [0.15, 0.2) is 17.0 Å². The predicted molar refractivity (Wildman–Crippen MR) is 66.3 cm³/mol. The van der Waals surface area contributed by atoms with Crippen LogP contribution >= 0.6 is 23.2 Å². The minimum Gasteiger partial charge on any atom is -0.505 e. The summed E-state index contributed by atoms with van der Waals surface area (Å²) in [6.07, 6.45) is 1.31. The molecule has 1 heterocycles. The summed E-state index contributed by atoms with van der Waals surface area (Å²) in [7, 11) is -3.64. The number of hydrogen-bond donors (Lipinski definition) is 2. The van der Waals surface area contributed by atoms with Crippen LogP contribution in [-0.2, 0) is 9.84 Å². The van der Waals surface area contributed by atoms with Gasteiger partial charge in [-0.05, 0) is 31.5 Å². The average molecular weight is 296 g/mol. The fourth-order valence-corrected chi connectivity index (χ4v) is 4.24. The lowest BCUT2D eigenvalue weighted by Gasteiger charge is -2.14. The van der Waals surface area contributed by atoms with Crippen molar-refractivity contribution in [1.82, 2.24) is 5.32 Å². The fraction of sp³-hybridized carbons (Fsp3) is 0.400. The van der Waals surface area contributed by atoms with Gasteiger partial charge < -0.3 is 10.4 Å². The minimum absolute atomic E-state index is 0.0610. The number of phenols is 1. The maximum absolute atomic E-state index is 12.2. The Bertz CT molecular complexity index is 539. The Kier molecular flexibility index (Phi) is 3.54. The molecule has 0 radical (unpaired) electrons. The van der Waals surface area contributed by atoms with Gasteiger partial charge in [-0.15, -0.1) is 0 Å². The molecular weight excluding hydrogens is 285 g/mol. The maximum Gasteiger partial charge on any atom is 0.197 e. The highest BCUT2D eigenvalue weighted by molar-refractivity contribution is 7.92. The van der Waals surface area contributed by atoms with Crippen molar-refractivity contribution in [3.8, 4) is 5.75 Å². The Morgan fingerprint density at radius 2 is 2.06 bits per heavy atom. The second-order valence-corrected chi connectivity index (χ2v) is 6.81. The Morgan fingerprint density at radius 3 is 2.65 bits per heavy atom. The van der Waals surface area contributed by atoms with Crippen LogP contribution in [0, 0.1) is 0 Å². The third-order valence-electron chi connectivity index (χ3n) is 2.69. The van der Waals surface area contributed by atoms with E-state index in [1.807, 2.05) is 0 Å². The summed E-state index contributed by atoms with van der Waals surface area (Å²) in [6.45, 7) is 0.652. The molecule has 7 heteroatoms. The normalized spacial score (nSPS) is 20.7. The highest BCUT2D eigenvalue weighted by atomic mass is 35.5. The molecule has 1 aromatic carbocycles. The van der Waals surface area contributed by atoms with E-state index in [1.54, 1.807) is 0 Å². The Hall–Kier alpha value is -0.490. The molecule has 0 saturated carbocycles. The first-order valence-corrected chi connectivity index (χ1v) is 7.38. The Labute approximate surface area is 109 Å². The highest BCUT2D eigenvalue weighted by Gasteiger charge is 2.32. The zero-order valence-corrected chi connectivity index (χ0v) is 11.1. The molecule has 0 aliphatic carbocycles. The number of aromatic hydroxyl groups is 1. The summed E-state index contributed by atoms with van der Waals surface area (Å²) in [5.74, 6) is -0.440. The second-order valence-electron chi connectivity index (χ2n) is 3.86. The molecule has 1 aliphatic heterocycles. The van der Waals surface area contributed by atoms with Gasteiger partial charge in [-0.25, -0.2) is 8.42 Å². The van der Waals surface area contributed by atoms with Crippen molar-refractivity contribution >= 4 is 33.0 Å². The lowest BCUT2D eigenvalue weighted by atomic mass is 10.3. The van der Waals surface area contributed by atoms with Gasteiger partial charge in [-0.3, -0.25) is 0 Å². The van der Waals surface area contributed by atoms with Gasteiger partial charge in [0, 0.05) is 5.02 Å². The third-order valence-corrected chi connectivity index (χ3v) is 5.27. The van der Waals surface area contributed by atoms with Gasteiger partial charge in [0.2, 0.25) is 0 Å². The molecule has 0 amide bonds. The topological polar surface area (TPSA) is 66.4 Å². The molecule has 2 rings (SSSR count). The zero-order valence-electron chi connectivity index (χ0n) is 8.78. The zero-order chi connectivity index (χ0) is 12.6. The van der Waals surface area contributed by atoms with Gasteiger partial charge in [-0.1, -0.05) is 23.2 Å². The second kappa shape index (κ2) is 4.65. The summed E-state index contributed by atoms with van der Waals surface area (Å²) < 4.78 is 24.4. The van der Waals surface area contributed by atoms with Crippen molar-refractivity contribution in [2.45, 2.75) is 23.1 Å². The molecule has 1 saturated heterocycles. The van der Waals surface area contributed by atoms with Crippen LogP contribution in [0.3, 0.4) is 0 Å². The molecule has 0 spiro atoms. The van der Waals surface area contributed by atoms with E-state index < -0.39 is 21.0 Å². The molecule has 0 aromatic heterocycles. The van der Waals surface area contributed by atoms with Crippen LogP contribution < -0.4 is 5.32 Å². The number of nitrogens with one attached hydrogen (secondary N) is 1. The molecule has 94 valence electrons. The van der Waals surface area contributed by atoms with Crippen LogP contribution in [0.4, 0.5) is 0 Å². The van der Waals surface area contributed by atoms with Gasteiger partial charge in [-0.2, -0.15) is 0 Å². The van der Waals surface area contributed by atoms with Crippen molar-refractivity contribution in [3.63, 3.8) is 0 Å². The van der Waals surface area contributed by atoms with Gasteiger partial charge in [0.25, 0.3) is 0 Å². The largest absolute Gasteiger partial charge is 0.505 e. The number of hydrogen-bond acceptors (Lipinski definition) is 4. The van der Waals surface area contributed by atoms with E-state index in [0.717, 1.165) is 6.42 Å².